The van der Waals surface area contributed by atoms with Gasteiger partial charge in [0.2, 0.25) is 5.95 Å². The Morgan fingerprint density at radius 3 is 2.32 bits per heavy atom. The van der Waals surface area contributed by atoms with Crippen molar-refractivity contribution in [1.29, 1.82) is 0 Å². The Labute approximate surface area is 218 Å². The van der Waals surface area contributed by atoms with Crippen LogP contribution in [0.2, 0.25) is 0 Å². The molecule has 194 valence electrons. The third-order valence-corrected chi connectivity index (χ3v) is 6.61. The second kappa shape index (κ2) is 9.55. The number of pyridine rings is 1. The van der Waals surface area contributed by atoms with Gasteiger partial charge in [-0.25, -0.2) is 4.98 Å². The third kappa shape index (κ3) is 3.90. The summed E-state index contributed by atoms with van der Waals surface area (Å²) in [6.07, 6.45) is 1.56. The van der Waals surface area contributed by atoms with Crippen molar-refractivity contribution in [1.82, 2.24) is 15.0 Å². The monoisotopic (exact) mass is 514 g/mol. The fraction of sp³-hybridized carbons (Fsp3) is 0.214. The number of nitrogens with one attached hydrogen (secondary N) is 1. The van der Waals surface area contributed by atoms with E-state index in [1.165, 1.54) is 19.1 Å². The number of amides is 1. The lowest BCUT2D eigenvalue weighted by molar-refractivity contribution is -0.132. The molecule has 3 heterocycles. The van der Waals surface area contributed by atoms with Crippen LogP contribution in [0.5, 0.6) is 17.2 Å². The molecular formula is C28H26N4O6. The molecule has 1 unspecified atom stereocenters. The zero-order valence-corrected chi connectivity index (χ0v) is 21.5. The maximum atomic E-state index is 13.5. The van der Waals surface area contributed by atoms with Gasteiger partial charge in [-0.05, 0) is 49.2 Å². The number of hydrogen-bond acceptors (Lipinski definition) is 8. The van der Waals surface area contributed by atoms with Gasteiger partial charge in [0, 0.05) is 23.9 Å². The van der Waals surface area contributed by atoms with Gasteiger partial charge in [0.15, 0.2) is 11.5 Å². The van der Waals surface area contributed by atoms with Gasteiger partial charge in [-0.3, -0.25) is 19.5 Å². The highest BCUT2D eigenvalue weighted by molar-refractivity contribution is 6.51. The second-order valence-corrected chi connectivity index (χ2v) is 8.85. The molecule has 1 aliphatic rings. The van der Waals surface area contributed by atoms with Crippen LogP contribution in [0.3, 0.4) is 0 Å². The van der Waals surface area contributed by atoms with Gasteiger partial charge >= 0.3 is 5.91 Å². The summed E-state index contributed by atoms with van der Waals surface area (Å²) >= 11 is 0. The van der Waals surface area contributed by atoms with Crippen molar-refractivity contribution >= 4 is 34.4 Å². The number of aromatic nitrogens is 3. The zero-order chi connectivity index (χ0) is 27.1. The van der Waals surface area contributed by atoms with E-state index in [4.69, 9.17) is 14.2 Å². The van der Waals surface area contributed by atoms with E-state index in [0.717, 1.165) is 5.56 Å². The predicted molar refractivity (Wildman–Crippen MR) is 141 cm³/mol. The molecular weight excluding hydrogens is 488 g/mol. The van der Waals surface area contributed by atoms with Gasteiger partial charge in [0.1, 0.15) is 17.6 Å². The normalized spacial score (nSPS) is 16.8. The van der Waals surface area contributed by atoms with E-state index >= 15 is 0 Å². The van der Waals surface area contributed by atoms with Crippen molar-refractivity contribution in [2.75, 3.05) is 26.2 Å². The fourth-order valence-electron chi connectivity index (χ4n) is 4.72. The molecule has 38 heavy (non-hydrogen) atoms. The van der Waals surface area contributed by atoms with Gasteiger partial charge in [0.25, 0.3) is 5.78 Å². The molecule has 5 rings (SSSR count). The molecule has 1 atom stereocenters. The Morgan fingerprint density at radius 2 is 1.66 bits per heavy atom. The van der Waals surface area contributed by atoms with E-state index in [1.54, 1.807) is 62.7 Å². The summed E-state index contributed by atoms with van der Waals surface area (Å²) in [5.74, 6) is -0.284. The number of carbonyl (C=O) groups is 2. The van der Waals surface area contributed by atoms with Crippen LogP contribution in [-0.2, 0) is 9.59 Å². The summed E-state index contributed by atoms with van der Waals surface area (Å²) in [5, 5.41) is 11.5. The number of H-pyrrole nitrogens is 1. The summed E-state index contributed by atoms with van der Waals surface area (Å²) in [6, 6.07) is 11.0. The first-order chi connectivity index (χ1) is 18.3. The van der Waals surface area contributed by atoms with E-state index in [0.29, 0.717) is 45.1 Å². The standard InChI is InChI=1S/C28H26N4O6/c1-14-11-20(36-3)15(2)10-16(14)25(33)23-24(17-8-6-7-9-29-17)32(27(35)26(23)34)28-30-18-12-21(37-4)22(38-5)13-19(18)31-28/h6-13,24,33H,1-5H3,(H,30,31)/b25-23+. The highest BCUT2D eigenvalue weighted by Crippen LogP contribution is 2.42. The number of aromatic amines is 1. The maximum Gasteiger partial charge on any atom is 0.302 e. The average molecular weight is 515 g/mol. The van der Waals surface area contributed by atoms with Gasteiger partial charge in [-0.1, -0.05) is 6.07 Å². The molecule has 10 nitrogen and oxygen atoms in total. The number of methoxy groups -OCH3 is 3. The van der Waals surface area contributed by atoms with E-state index in [1.807, 2.05) is 6.92 Å². The number of Topliss-reactive ketones (excluding diaryl/α,β-unsaturated/α-hetero) is 1. The fourth-order valence-corrected chi connectivity index (χ4v) is 4.72. The molecule has 1 saturated heterocycles. The largest absolute Gasteiger partial charge is 0.507 e. The Kier molecular flexibility index (Phi) is 6.23. The number of benzene rings is 2. The number of carbonyl (C=O) groups excluding carboxylic acids is 2. The summed E-state index contributed by atoms with van der Waals surface area (Å²) in [4.78, 5) is 40.3. The number of aryl methyl sites for hydroxylation is 2. The molecule has 4 aromatic rings. The summed E-state index contributed by atoms with van der Waals surface area (Å²) in [7, 11) is 4.59. The van der Waals surface area contributed by atoms with Crippen molar-refractivity contribution < 1.29 is 28.9 Å². The molecule has 2 N–H and O–H groups in total. The van der Waals surface area contributed by atoms with Crippen molar-refractivity contribution in [3.05, 3.63) is 76.6 Å². The van der Waals surface area contributed by atoms with E-state index in [2.05, 4.69) is 15.0 Å². The Morgan fingerprint density at radius 1 is 0.947 bits per heavy atom. The number of ether oxygens (including phenoxy) is 3. The van der Waals surface area contributed by atoms with E-state index < -0.39 is 17.7 Å². The van der Waals surface area contributed by atoms with Crippen LogP contribution in [0.4, 0.5) is 5.95 Å². The number of fused-ring (bicyclic) bond motifs is 1. The number of anilines is 1. The zero-order valence-electron chi connectivity index (χ0n) is 21.5. The van der Waals surface area contributed by atoms with Crippen LogP contribution in [-0.4, -0.2) is 53.1 Å². The van der Waals surface area contributed by atoms with Gasteiger partial charge in [-0.15, -0.1) is 0 Å². The van der Waals surface area contributed by atoms with Crippen molar-refractivity contribution in [2.45, 2.75) is 19.9 Å². The number of hydrogen-bond donors (Lipinski definition) is 2. The summed E-state index contributed by atoms with van der Waals surface area (Å²) in [5.41, 5.74) is 3.24. The molecule has 1 amide bonds. The van der Waals surface area contributed by atoms with E-state index in [9.17, 15) is 14.7 Å². The van der Waals surface area contributed by atoms with Crippen LogP contribution in [0.1, 0.15) is 28.4 Å². The first kappa shape index (κ1) is 24.8. The van der Waals surface area contributed by atoms with Gasteiger partial charge in [0.05, 0.1) is 43.6 Å². The molecule has 0 bridgehead atoms. The van der Waals surface area contributed by atoms with Crippen molar-refractivity contribution in [2.24, 2.45) is 0 Å². The highest BCUT2D eigenvalue weighted by atomic mass is 16.5. The summed E-state index contributed by atoms with van der Waals surface area (Å²) in [6.45, 7) is 3.63. The number of ketones is 1. The number of nitrogens with zero attached hydrogens (tertiary/aromatic N) is 3. The van der Waals surface area contributed by atoms with Crippen LogP contribution >= 0.6 is 0 Å². The molecule has 0 spiro atoms. The molecule has 2 aromatic carbocycles. The first-order valence-electron chi connectivity index (χ1n) is 11.8. The lowest BCUT2D eigenvalue weighted by atomic mass is 9.95. The Balaban J connectivity index is 1.72. The van der Waals surface area contributed by atoms with Gasteiger partial charge < -0.3 is 24.3 Å². The Bertz CT molecular complexity index is 1570. The Hall–Kier alpha value is -4.86. The molecule has 2 aromatic heterocycles. The minimum absolute atomic E-state index is 0.0861. The lowest BCUT2D eigenvalue weighted by Crippen LogP contribution is -2.30. The third-order valence-electron chi connectivity index (χ3n) is 6.61. The molecule has 0 radical (unpaired) electrons. The minimum atomic E-state index is -1.03. The smallest absolute Gasteiger partial charge is 0.302 e. The van der Waals surface area contributed by atoms with Crippen molar-refractivity contribution in [3.63, 3.8) is 0 Å². The van der Waals surface area contributed by atoms with Crippen molar-refractivity contribution in [3.8, 4) is 17.2 Å². The maximum absolute atomic E-state index is 13.5. The topological polar surface area (TPSA) is 127 Å². The average Bonchev–Trinajstić information content (AvgIpc) is 3.46. The number of aliphatic hydroxyl groups excluding tert-OH is 1. The molecule has 0 saturated carbocycles. The second-order valence-electron chi connectivity index (χ2n) is 8.85. The number of rotatable bonds is 6. The predicted octanol–water partition coefficient (Wildman–Crippen LogP) is 4.23. The SMILES string of the molecule is COc1cc(C)c(/C(O)=C2\C(=O)C(=O)N(c3nc4cc(OC)c(OC)cc4[nH]3)C2c2ccccn2)cc1C. The number of aliphatic hydroxyl groups is 1. The quantitative estimate of drug-likeness (QED) is 0.222. The molecule has 0 aliphatic carbocycles. The van der Waals surface area contributed by atoms with Crippen LogP contribution in [0.15, 0.2) is 54.2 Å². The molecule has 10 heteroatoms. The first-order valence-corrected chi connectivity index (χ1v) is 11.8. The lowest BCUT2D eigenvalue weighted by Gasteiger charge is -2.22. The van der Waals surface area contributed by atoms with Gasteiger partial charge in [-0.2, -0.15) is 0 Å². The van der Waals surface area contributed by atoms with Crippen LogP contribution in [0.25, 0.3) is 16.8 Å². The molecule has 1 aliphatic heterocycles. The van der Waals surface area contributed by atoms with Crippen LogP contribution < -0.4 is 19.1 Å². The highest BCUT2D eigenvalue weighted by Gasteiger charge is 2.49. The molecule has 1 fully saturated rings. The van der Waals surface area contributed by atoms with E-state index in [-0.39, 0.29) is 17.3 Å². The van der Waals surface area contributed by atoms with Crippen LogP contribution in [0, 0.1) is 13.8 Å². The minimum Gasteiger partial charge on any atom is -0.507 e. The number of imidazole rings is 1. The summed E-state index contributed by atoms with van der Waals surface area (Å²) < 4.78 is 16.1.